The summed E-state index contributed by atoms with van der Waals surface area (Å²) in [7, 11) is -4.77. The fourth-order valence-corrected chi connectivity index (χ4v) is 1.03. The number of amides is 1. The van der Waals surface area contributed by atoms with Gasteiger partial charge in [-0.2, -0.15) is 0 Å². The van der Waals surface area contributed by atoms with E-state index in [2.05, 4.69) is 9.84 Å². The Morgan fingerprint density at radius 2 is 1.86 bits per heavy atom. The third-order valence-electron chi connectivity index (χ3n) is 1.22. The van der Waals surface area contributed by atoms with Crippen molar-refractivity contribution in [3.8, 4) is 0 Å². The van der Waals surface area contributed by atoms with E-state index in [0.717, 1.165) is 0 Å². The first-order valence-corrected chi connectivity index (χ1v) is 5.11. The second-order valence-corrected chi connectivity index (χ2v) is 3.52. The summed E-state index contributed by atoms with van der Waals surface area (Å²) in [6.45, 7) is 0. The van der Waals surface area contributed by atoms with Crippen molar-refractivity contribution in [3.63, 3.8) is 0 Å². The first-order chi connectivity index (χ1) is 6.47. The lowest BCUT2D eigenvalue weighted by Crippen LogP contribution is -2.11. The van der Waals surface area contributed by atoms with Crippen LogP contribution in [0.2, 0.25) is 0 Å². The lowest BCUT2D eigenvalue weighted by atomic mass is 10.3. The molecule has 76 valence electrons. The van der Waals surface area contributed by atoms with Crippen LogP contribution < -0.4 is 5.32 Å². The number of carbonyl (C=O) groups is 1. The van der Waals surface area contributed by atoms with Crippen molar-refractivity contribution in [2.24, 2.45) is 0 Å². The highest BCUT2D eigenvalue weighted by atomic mass is 31.2. The molecule has 1 amide bonds. The van der Waals surface area contributed by atoms with E-state index in [1.54, 1.807) is 30.3 Å². The maximum absolute atomic E-state index is 10.8. The molecule has 1 aromatic carbocycles. The Bertz CT molecular complexity index is 360. The molecule has 14 heavy (non-hydrogen) atoms. The molecule has 0 radical (unpaired) electrons. The van der Waals surface area contributed by atoms with E-state index >= 15 is 0 Å². The predicted molar refractivity (Wildman–Crippen MR) is 48.6 cm³/mol. The van der Waals surface area contributed by atoms with E-state index in [1.807, 2.05) is 0 Å². The molecule has 0 unspecified atom stereocenters. The molecule has 6 nitrogen and oxygen atoms in total. The van der Waals surface area contributed by atoms with E-state index in [4.69, 9.17) is 9.79 Å². The highest BCUT2D eigenvalue weighted by Gasteiger charge is 2.19. The number of benzene rings is 1. The number of para-hydroxylation sites is 1. The molecule has 0 aliphatic carbocycles. The number of rotatable bonds is 2. The summed E-state index contributed by atoms with van der Waals surface area (Å²) in [6, 6.07) is 8.17. The van der Waals surface area contributed by atoms with Gasteiger partial charge in [0.15, 0.2) is 0 Å². The molecule has 0 spiro atoms. The quantitative estimate of drug-likeness (QED) is 0.649. The maximum Gasteiger partial charge on any atom is 0.528 e. The number of anilines is 1. The average molecular weight is 217 g/mol. The summed E-state index contributed by atoms with van der Waals surface area (Å²) in [5.41, 5.74) is 0.394. The molecule has 0 aliphatic heterocycles. The first kappa shape index (κ1) is 10.7. The van der Waals surface area contributed by atoms with Crippen LogP contribution in [-0.2, 0) is 9.09 Å². The SMILES string of the molecule is O=C(Nc1ccccc1)OP(=O)(O)O. The van der Waals surface area contributed by atoms with E-state index in [1.165, 1.54) is 0 Å². The van der Waals surface area contributed by atoms with Gasteiger partial charge in [-0.25, -0.2) is 9.36 Å². The largest absolute Gasteiger partial charge is 0.528 e. The molecule has 0 aliphatic rings. The van der Waals surface area contributed by atoms with Gasteiger partial charge < -0.3 is 4.52 Å². The smallest absolute Gasteiger partial charge is 0.353 e. The average Bonchev–Trinajstić information content (AvgIpc) is 2.02. The number of phosphoric acid groups is 1. The molecule has 0 fully saturated rings. The molecule has 0 bridgehead atoms. The summed E-state index contributed by atoms with van der Waals surface area (Å²) in [6.07, 6.45) is -1.19. The van der Waals surface area contributed by atoms with Crippen LogP contribution in [0.25, 0.3) is 0 Å². The Morgan fingerprint density at radius 1 is 1.29 bits per heavy atom. The summed E-state index contributed by atoms with van der Waals surface area (Å²) in [4.78, 5) is 27.4. The number of hydrogen-bond donors (Lipinski definition) is 3. The number of phosphoric ester groups is 1. The summed E-state index contributed by atoms with van der Waals surface area (Å²) in [5.74, 6) is 0. The summed E-state index contributed by atoms with van der Waals surface area (Å²) >= 11 is 0. The fourth-order valence-electron chi connectivity index (χ4n) is 0.770. The number of nitrogens with one attached hydrogen (secondary N) is 1. The van der Waals surface area contributed by atoms with Crippen molar-refractivity contribution in [3.05, 3.63) is 30.3 Å². The molecule has 0 heterocycles. The van der Waals surface area contributed by atoms with Crippen LogP contribution in [0.4, 0.5) is 10.5 Å². The Kier molecular flexibility index (Phi) is 3.24. The Labute approximate surface area is 79.8 Å². The fraction of sp³-hybridized carbons (Fsp3) is 0. The molecule has 1 rings (SSSR count). The summed E-state index contributed by atoms with van der Waals surface area (Å²) in [5, 5.41) is 2.15. The van der Waals surface area contributed by atoms with Gasteiger partial charge in [-0.05, 0) is 12.1 Å². The zero-order valence-corrected chi connectivity index (χ0v) is 7.85. The third kappa shape index (κ3) is 4.04. The van der Waals surface area contributed by atoms with E-state index in [9.17, 15) is 9.36 Å². The minimum absolute atomic E-state index is 0.394. The second-order valence-electron chi connectivity index (χ2n) is 2.36. The number of hydrogen-bond acceptors (Lipinski definition) is 3. The van der Waals surface area contributed by atoms with Crippen LogP contribution in [0.1, 0.15) is 0 Å². The van der Waals surface area contributed by atoms with Crippen LogP contribution in [-0.4, -0.2) is 15.9 Å². The van der Waals surface area contributed by atoms with Crippen molar-refractivity contribution >= 4 is 19.6 Å². The third-order valence-corrected chi connectivity index (χ3v) is 1.63. The monoisotopic (exact) mass is 217 g/mol. The van der Waals surface area contributed by atoms with E-state index < -0.39 is 13.9 Å². The molecular weight excluding hydrogens is 209 g/mol. The van der Waals surface area contributed by atoms with Crippen LogP contribution in [0, 0.1) is 0 Å². The zero-order valence-electron chi connectivity index (χ0n) is 6.95. The molecule has 1 aromatic rings. The molecule has 0 atom stereocenters. The molecule has 0 saturated carbocycles. The highest BCUT2D eigenvalue weighted by Crippen LogP contribution is 2.36. The molecular formula is C7H8NO5P. The lowest BCUT2D eigenvalue weighted by molar-refractivity contribution is 0.189. The van der Waals surface area contributed by atoms with Crippen molar-refractivity contribution in [1.29, 1.82) is 0 Å². The summed E-state index contributed by atoms with van der Waals surface area (Å²) < 4.78 is 14.0. The van der Waals surface area contributed by atoms with Crippen LogP contribution in [0.3, 0.4) is 0 Å². The van der Waals surface area contributed by atoms with Gasteiger partial charge in [-0.1, -0.05) is 18.2 Å². The van der Waals surface area contributed by atoms with Gasteiger partial charge in [0.2, 0.25) is 0 Å². The first-order valence-electron chi connectivity index (χ1n) is 3.58. The highest BCUT2D eigenvalue weighted by molar-refractivity contribution is 7.46. The standard InChI is InChI=1S/C7H8NO5P/c9-7(13-14(10,11)12)8-6-4-2-1-3-5-6/h1-5H,(H,8,9)(H2,10,11,12). The Hall–Kier alpha value is -1.36. The Morgan fingerprint density at radius 3 is 2.36 bits per heavy atom. The Balaban J connectivity index is 2.55. The van der Waals surface area contributed by atoms with Crippen LogP contribution in [0.5, 0.6) is 0 Å². The van der Waals surface area contributed by atoms with Gasteiger partial charge in [0, 0.05) is 5.69 Å². The topological polar surface area (TPSA) is 95.9 Å². The van der Waals surface area contributed by atoms with E-state index in [0.29, 0.717) is 5.69 Å². The molecule has 0 saturated heterocycles. The van der Waals surface area contributed by atoms with Gasteiger partial charge in [0.25, 0.3) is 0 Å². The molecule has 0 aromatic heterocycles. The van der Waals surface area contributed by atoms with Crippen LogP contribution >= 0.6 is 7.82 Å². The van der Waals surface area contributed by atoms with Gasteiger partial charge in [0.1, 0.15) is 0 Å². The van der Waals surface area contributed by atoms with Crippen molar-refractivity contribution in [1.82, 2.24) is 0 Å². The van der Waals surface area contributed by atoms with Crippen molar-refractivity contribution in [2.75, 3.05) is 5.32 Å². The minimum atomic E-state index is -4.77. The molecule has 7 heteroatoms. The lowest BCUT2D eigenvalue weighted by Gasteiger charge is -2.06. The van der Waals surface area contributed by atoms with Crippen molar-refractivity contribution in [2.45, 2.75) is 0 Å². The second kappa shape index (κ2) is 4.23. The van der Waals surface area contributed by atoms with Crippen LogP contribution in [0.15, 0.2) is 30.3 Å². The zero-order chi connectivity index (χ0) is 10.6. The van der Waals surface area contributed by atoms with Gasteiger partial charge in [-0.15, -0.1) is 0 Å². The van der Waals surface area contributed by atoms with E-state index in [-0.39, 0.29) is 0 Å². The predicted octanol–water partition coefficient (Wildman–Crippen LogP) is 1.33. The normalized spacial score (nSPS) is 10.7. The molecule has 3 N–H and O–H groups in total. The maximum atomic E-state index is 10.8. The number of carbonyl (C=O) groups excluding carboxylic acids is 1. The van der Waals surface area contributed by atoms with Gasteiger partial charge in [0.05, 0.1) is 0 Å². The van der Waals surface area contributed by atoms with Gasteiger partial charge >= 0.3 is 13.9 Å². The van der Waals surface area contributed by atoms with Gasteiger partial charge in [-0.3, -0.25) is 15.1 Å². The minimum Gasteiger partial charge on any atom is -0.353 e. The van der Waals surface area contributed by atoms with Crippen molar-refractivity contribution < 1.29 is 23.7 Å².